The lowest BCUT2D eigenvalue weighted by Gasteiger charge is -2.30. The van der Waals surface area contributed by atoms with Crippen molar-refractivity contribution in [3.63, 3.8) is 0 Å². The molecule has 6 nitrogen and oxygen atoms in total. The van der Waals surface area contributed by atoms with Crippen LogP contribution in [0.3, 0.4) is 0 Å². The van der Waals surface area contributed by atoms with Gasteiger partial charge >= 0.3 is 0 Å². The minimum Gasteiger partial charge on any atom is -0.356 e. The van der Waals surface area contributed by atoms with Gasteiger partial charge in [-0.25, -0.2) is 8.42 Å². The standard InChI is InChI=1S/C15H30N4O2S/c1-13-5-3-8-19(11-13)9-4-7-17-15(16-2)18-14-6-10-22(20,21)12-14/h13-14H,3-12H2,1-2H3,(H2,16,17,18). The summed E-state index contributed by atoms with van der Waals surface area (Å²) in [4.78, 5) is 6.72. The third-order valence-electron chi connectivity index (χ3n) is 4.48. The quantitative estimate of drug-likeness (QED) is 0.435. The molecule has 0 amide bonds. The first kappa shape index (κ1) is 17.5. The van der Waals surface area contributed by atoms with Gasteiger partial charge in [0.05, 0.1) is 11.5 Å². The smallest absolute Gasteiger partial charge is 0.191 e. The van der Waals surface area contributed by atoms with Gasteiger partial charge in [-0.05, 0) is 44.7 Å². The van der Waals surface area contributed by atoms with Crippen LogP contribution in [0.25, 0.3) is 0 Å². The number of hydrogen-bond donors (Lipinski definition) is 2. The summed E-state index contributed by atoms with van der Waals surface area (Å²) in [6.45, 7) is 6.74. The van der Waals surface area contributed by atoms with E-state index in [1.54, 1.807) is 7.05 Å². The Hall–Kier alpha value is -0.820. The van der Waals surface area contributed by atoms with Crippen molar-refractivity contribution in [1.82, 2.24) is 15.5 Å². The number of rotatable bonds is 5. The van der Waals surface area contributed by atoms with Crippen LogP contribution >= 0.6 is 0 Å². The molecule has 0 aromatic carbocycles. The summed E-state index contributed by atoms with van der Waals surface area (Å²) in [5.41, 5.74) is 0. The molecule has 0 bridgehead atoms. The monoisotopic (exact) mass is 330 g/mol. The van der Waals surface area contributed by atoms with E-state index < -0.39 is 9.84 Å². The van der Waals surface area contributed by atoms with E-state index >= 15 is 0 Å². The van der Waals surface area contributed by atoms with E-state index in [0.717, 1.165) is 25.4 Å². The highest BCUT2D eigenvalue weighted by molar-refractivity contribution is 7.91. The Bertz CT molecular complexity index is 478. The van der Waals surface area contributed by atoms with Crippen LogP contribution in [0, 0.1) is 5.92 Å². The summed E-state index contributed by atoms with van der Waals surface area (Å²) >= 11 is 0. The molecular weight excluding hydrogens is 300 g/mol. The molecule has 2 atom stereocenters. The molecule has 2 heterocycles. The molecule has 2 aliphatic rings. The second kappa shape index (κ2) is 8.15. The summed E-state index contributed by atoms with van der Waals surface area (Å²) < 4.78 is 22.9. The van der Waals surface area contributed by atoms with Crippen molar-refractivity contribution in [2.75, 3.05) is 44.7 Å². The van der Waals surface area contributed by atoms with Gasteiger partial charge in [-0.3, -0.25) is 4.99 Å². The zero-order valence-electron chi connectivity index (χ0n) is 13.8. The molecule has 2 rings (SSSR count). The SMILES string of the molecule is CN=C(NCCCN1CCCC(C)C1)NC1CCS(=O)(=O)C1. The lowest BCUT2D eigenvalue weighted by molar-refractivity contribution is 0.182. The third-order valence-corrected chi connectivity index (χ3v) is 6.25. The Labute approximate surface area is 134 Å². The molecule has 0 saturated carbocycles. The average molecular weight is 330 g/mol. The van der Waals surface area contributed by atoms with Gasteiger partial charge in [-0.1, -0.05) is 6.92 Å². The molecule has 2 saturated heterocycles. The van der Waals surface area contributed by atoms with Crippen molar-refractivity contribution in [3.8, 4) is 0 Å². The summed E-state index contributed by atoms with van der Waals surface area (Å²) in [6, 6.07) is -0.000793. The van der Waals surface area contributed by atoms with Gasteiger partial charge in [0.15, 0.2) is 15.8 Å². The van der Waals surface area contributed by atoms with Crippen molar-refractivity contribution < 1.29 is 8.42 Å². The van der Waals surface area contributed by atoms with E-state index in [1.807, 2.05) is 0 Å². The fourth-order valence-electron chi connectivity index (χ4n) is 3.30. The molecular formula is C15H30N4O2S. The van der Waals surface area contributed by atoms with E-state index in [0.29, 0.717) is 12.4 Å². The number of likely N-dealkylation sites (tertiary alicyclic amines) is 1. The number of aliphatic imine (C=N–C) groups is 1. The number of sulfone groups is 1. The molecule has 0 aromatic heterocycles. The van der Waals surface area contributed by atoms with Gasteiger partial charge in [-0.2, -0.15) is 0 Å². The number of nitrogens with zero attached hydrogens (tertiary/aromatic N) is 2. The van der Waals surface area contributed by atoms with Gasteiger partial charge in [0.25, 0.3) is 0 Å². The van der Waals surface area contributed by atoms with Gasteiger partial charge in [0, 0.05) is 26.2 Å². The molecule has 128 valence electrons. The Morgan fingerprint density at radius 1 is 1.36 bits per heavy atom. The largest absolute Gasteiger partial charge is 0.356 e. The predicted octanol–water partition coefficient (Wildman–Crippen LogP) is 0.461. The van der Waals surface area contributed by atoms with Gasteiger partial charge in [-0.15, -0.1) is 0 Å². The van der Waals surface area contributed by atoms with Crippen LogP contribution in [0.2, 0.25) is 0 Å². The molecule has 2 aliphatic heterocycles. The van der Waals surface area contributed by atoms with Crippen LogP contribution in [0.4, 0.5) is 0 Å². The first-order valence-electron chi connectivity index (χ1n) is 8.38. The van der Waals surface area contributed by atoms with Crippen LogP contribution in [0.1, 0.15) is 32.6 Å². The maximum Gasteiger partial charge on any atom is 0.191 e. The van der Waals surface area contributed by atoms with Crippen LogP contribution in [-0.4, -0.2) is 70.1 Å². The Balaban J connectivity index is 1.62. The molecule has 2 unspecified atom stereocenters. The molecule has 7 heteroatoms. The summed E-state index contributed by atoms with van der Waals surface area (Å²) in [5, 5.41) is 6.50. The van der Waals surface area contributed by atoms with Crippen LogP contribution in [0.15, 0.2) is 4.99 Å². The molecule has 0 aromatic rings. The van der Waals surface area contributed by atoms with E-state index in [2.05, 4.69) is 27.4 Å². The van der Waals surface area contributed by atoms with Crippen LogP contribution < -0.4 is 10.6 Å². The van der Waals surface area contributed by atoms with E-state index in [9.17, 15) is 8.42 Å². The summed E-state index contributed by atoms with van der Waals surface area (Å²) in [6.07, 6.45) is 4.43. The van der Waals surface area contributed by atoms with Crippen molar-refractivity contribution in [3.05, 3.63) is 0 Å². The van der Waals surface area contributed by atoms with Crippen molar-refractivity contribution in [2.24, 2.45) is 10.9 Å². The highest BCUT2D eigenvalue weighted by Gasteiger charge is 2.28. The lowest BCUT2D eigenvalue weighted by atomic mass is 10.0. The Kier molecular flexibility index (Phi) is 6.50. The fourth-order valence-corrected chi connectivity index (χ4v) is 4.97. The van der Waals surface area contributed by atoms with E-state index in [4.69, 9.17) is 0 Å². The number of nitrogens with one attached hydrogen (secondary N) is 2. The normalized spacial score (nSPS) is 29.5. The number of guanidine groups is 1. The molecule has 0 aliphatic carbocycles. The van der Waals surface area contributed by atoms with Gasteiger partial charge in [0.1, 0.15) is 0 Å². The first-order chi connectivity index (χ1) is 10.5. The van der Waals surface area contributed by atoms with Crippen molar-refractivity contribution >= 4 is 15.8 Å². The zero-order chi connectivity index (χ0) is 16.0. The summed E-state index contributed by atoms with van der Waals surface area (Å²) in [5.74, 6) is 2.04. The average Bonchev–Trinajstić information content (AvgIpc) is 2.81. The molecule has 0 radical (unpaired) electrons. The highest BCUT2D eigenvalue weighted by atomic mass is 32.2. The number of piperidine rings is 1. The third kappa shape index (κ3) is 5.76. The second-order valence-corrected chi connectivity index (χ2v) is 8.87. The van der Waals surface area contributed by atoms with E-state index in [1.165, 1.54) is 25.9 Å². The van der Waals surface area contributed by atoms with E-state index in [-0.39, 0.29) is 17.5 Å². The van der Waals surface area contributed by atoms with Crippen LogP contribution in [0.5, 0.6) is 0 Å². The number of hydrogen-bond acceptors (Lipinski definition) is 4. The Morgan fingerprint density at radius 2 is 2.18 bits per heavy atom. The maximum atomic E-state index is 11.5. The lowest BCUT2D eigenvalue weighted by Crippen LogP contribution is -2.45. The fraction of sp³-hybridized carbons (Fsp3) is 0.933. The van der Waals surface area contributed by atoms with Crippen molar-refractivity contribution in [2.45, 2.75) is 38.6 Å². The predicted molar refractivity (Wildman–Crippen MR) is 91.0 cm³/mol. The molecule has 22 heavy (non-hydrogen) atoms. The zero-order valence-corrected chi connectivity index (χ0v) is 14.7. The van der Waals surface area contributed by atoms with Crippen molar-refractivity contribution in [1.29, 1.82) is 0 Å². The van der Waals surface area contributed by atoms with Crippen LogP contribution in [-0.2, 0) is 9.84 Å². The minimum absolute atomic E-state index is 0.000793. The molecule has 2 fully saturated rings. The highest BCUT2D eigenvalue weighted by Crippen LogP contribution is 2.15. The second-order valence-electron chi connectivity index (χ2n) is 6.64. The summed E-state index contributed by atoms with van der Waals surface area (Å²) in [7, 11) is -1.12. The first-order valence-corrected chi connectivity index (χ1v) is 10.2. The topological polar surface area (TPSA) is 73.8 Å². The Morgan fingerprint density at radius 3 is 2.82 bits per heavy atom. The maximum absolute atomic E-state index is 11.5. The molecule has 2 N–H and O–H groups in total. The minimum atomic E-state index is -2.85. The molecule has 0 spiro atoms. The van der Waals surface area contributed by atoms with Gasteiger partial charge < -0.3 is 15.5 Å². The van der Waals surface area contributed by atoms with Gasteiger partial charge in [0.2, 0.25) is 0 Å².